The molecule has 0 fully saturated rings. The number of hydrogen-bond donors (Lipinski definition) is 1. The minimum Gasteiger partial charge on any atom is -0.476 e. The second kappa shape index (κ2) is 7.97. The van der Waals surface area contributed by atoms with Gasteiger partial charge in [-0.25, -0.2) is 0 Å². The Balaban J connectivity index is 1.72. The fraction of sp³-hybridized carbons (Fsp3) is 0.350. The largest absolute Gasteiger partial charge is 0.476 e. The van der Waals surface area contributed by atoms with Crippen LogP contribution in [0.3, 0.4) is 0 Å². The molecule has 0 aliphatic carbocycles. The van der Waals surface area contributed by atoms with Gasteiger partial charge in [-0.15, -0.1) is 5.10 Å². The van der Waals surface area contributed by atoms with Crippen molar-refractivity contribution < 1.29 is 4.74 Å². The van der Waals surface area contributed by atoms with Crippen LogP contribution in [0.15, 0.2) is 48.5 Å². The first-order chi connectivity index (χ1) is 11.7. The van der Waals surface area contributed by atoms with Gasteiger partial charge in [0.05, 0.1) is 17.5 Å². The van der Waals surface area contributed by atoms with Gasteiger partial charge in [0.15, 0.2) is 0 Å². The van der Waals surface area contributed by atoms with Crippen LogP contribution in [0, 0.1) is 0 Å². The molecule has 1 N–H and O–H groups in total. The lowest BCUT2D eigenvalue weighted by atomic mass is 10.0. The van der Waals surface area contributed by atoms with Crippen LogP contribution in [0.4, 0.5) is 0 Å². The van der Waals surface area contributed by atoms with Gasteiger partial charge in [0.1, 0.15) is 0 Å². The second-order valence-corrected chi connectivity index (χ2v) is 6.36. The number of nitrogens with one attached hydrogen (secondary N) is 1. The van der Waals surface area contributed by atoms with Gasteiger partial charge < -0.3 is 9.64 Å². The highest BCUT2D eigenvalue weighted by Crippen LogP contribution is 2.27. The van der Waals surface area contributed by atoms with Gasteiger partial charge in [-0.1, -0.05) is 42.5 Å². The summed E-state index contributed by atoms with van der Waals surface area (Å²) in [7, 11) is 4.15. The van der Waals surface area contributed by atoms with Crippen molar-refractivity contribution in [3.05, 3.63) is 59.7 Å². The molecule has 1 heterocycles. The highest BCUT2D eigenvalue weighted by molar-refractivity contribution is 5.87. The molecule has 0 unspecified atom stereocenters. The Labute approximate surface area is 143 Å². The van der Waals surface area contributed by atoms with E-state index in [0.29, 0.717) is 6.61 Å². The zero-order valence-corrected chi connectivity index (χ0v) is 14.5. The number of H-pyrrole nitrogens is 1. The van der Waals surface area contributed by atoms with E-state index < -0.39 is 0 Å². The van der Waals surface area contributed by atoms with Crippen LogP contribution in [0.1, 0.15) is 17.5 Å². The standard InChI is InChI=1S/C20H25N3O/c1-23(2)14-7-15-24-20-19-17(10-6-11-18(19)21-22-20)13-12-16-8-4-3-5-9-16/h3-6,8-11H,7,12-15H2,1-2H3,(H,21,22). The third-order valence-electron chi connectivity index (χ3n) is 4.16. The van der Waals surface area contributed by atoms with Crippen LogP contribution in [0.5, 0.6) is 5.88 Å². The van der Waals surface area contributed by atoms with Crippen molar-refractivity contribution >= 4 is 10.9 Å². The SMILES string of the molecule is CN(C)CCCOc1n[nH]c2cccc(CCc3ccccc3)c12. The first-order valence-corrected chi connectivity index (χ1v) is 8.51. The minimum atomic E-state index is 0.686. The van der Waals surface area contributed by atoms with Gasteiger partial charge in [0, 0.05) is 6.54 Å². The number of rotatable bonds is 8. The van der Waals surface area contributed by atoms with E-state index in [1.165, 1.54) is 11.1 Å². The molecule has 4 nitrogen and oxygen atoms in total. The van der Waals surface area contributed by atoms with Crippen LogP contribution >= 0.6 is 0 Å². The molecule has 3 rings (SSSR count). The Bertz CT molecular complexity index is 765. The molecular weight excluding hydrogens is 298 g/mol. The summed E-state index contributed by atoms with van der Waals surface area (Å²) in [5.41, 5.74) is 3.68. The first kappa shape index (κ1) is 16.5. The summed E-state index contributed by atoms with van der Waals surface area (Å²) in [5, 5.41) is 8.58. The van der Waals surface area contributed by atoms with Gasteiger partial charge >= 0.3 is 0 Å². The van der Waals surface area contributed by atoms with Crippen LogP contribution in [0.25, 0.3) is 10.9 Å². The quantitative estimate of drug-likeness (QED) is 0.643. The number of hydrogen-bond acceptors (Lipinski definition) is 3. The fourth-order valence-corrected chi connectivity index (χ4v) is 2.90. The average Bonchev–Trinajstić information content (AvgIpc) is 3.01. The van der Waals surface area contributed by atoms with E-state index in [1.807, 2.05) is 0 Å². The van der Waals surface area contributed by atoms with E-state index in [9.17, 15) is 0 Å². The lowest BCUT2D eigenvalue weighted by Crippen LogP contribution is -2.15. The molecule has 0 aliphatic rings. The normalized spacial score (nSPS) is 11.3. The molecule has 4 heteroatoms. The molecule has 0 atom stereocenters. The maximum atomic E-state index is 5.93. The van der Waals surface area contributed by atoms with Gasteiger partial charge in [-0.3, -0.25) is 5.10 Å². The molecule has 0 aliphatic heterocycles. The van der Waals surface area contributed by atoms with E-state index in [-0.39, 0.29) is 0 Å². The molecule has 0 amide bonds. The Hall–Kier alpha value is -2.33. The summed E-state index contributed by atoms with van der Waals surface area (Å²) in [6.45, 7) is 1.70. The predicted octanol–water partition coefficient (Wildman–Crippen LogP) is 3.68. The molecule has 0 spiro atoms. The Morgan fingerprint density at radius 3 is 2.62 bits per heavy atom. The topological polar surface area (TPSA) is 41.1 Å². The van der Waals surface area contributed by atoms with E-state index in [2.05, 4.69) is 77.7 Å². The number of fused-ring (bicyclic) bond motifs is 1. The maximum Gasteiger partial charge on any atom is 0.240 e. The predicted molar refractivity (Wildman–Crippen MR) is 98.6 cm³/mol. The van der Waals surface area contributed by atoms with Crippen molar-refractivity contribution in [2.45, 2.75) is 19.3 Å². The summed E-state index contributed by atoms with van der Waals surface area (Å²) < 4.78 is 5.93. The monoisotopic (exact) mass is 323 g/mol. The molecule has 126 valence electrons. The van der Waals surface area contributed by atoms with Crippen LogP contribution < -0.4 is 4.74 Å². The molecule has 1 aromatic heterocycles. The number of aromatic amines is 1. The van der Waals surface area contributed by atoms with E-state index in [1.54, 1.807) is 0 Å². The third kappa shape index (κ3) is 4.15. The van der Waals surface area contributed by atoms with Crippen molar-refractivity contribution in [3.63, 3.8) is 0 Å². The lowest BCUT2D eigenvalue weighted by Gasteiger charge is -2.10. The number of nitrogens with zero attached hydrogens (tertiary/aromatic N) is 2. The first-order valence-electron chi connectivity index (χ1n) is 8.51. The van der Waals surface area contributed by atoms with Crippen molar-refractivity contribution in [2.75, 3.05) is 27.2 Å². The molecule has 0 saturated heterocycles. The highest BCUT2D eigenvalue weighted by atomic mass is 16.5. The number of aromatic nitrogens is 2. The summed E-state index contributed by atoms with van der Waals surface area (Å²) in [5.74, 6) is 0.729. The Morgan fingerprint density at radius 1 is 1.00 bits per heavy atom. The molecule has 3 aromatic rings. The van der Waals surface area contributed by atoms with Gasteiger partial charge in [0.25, 0.3) is 0 Å². The summed E-state index contributed by atoms with van der Waals surface area (Å²) in [4.78, 5) is 2.16. The molecule has 0 radical (unpaired) electrons. The maximum absolute atomic E-state index is 5.93. The van der Waals surface area contributed by atoms with Gasteiger partial charge in [0.2, 0.25) is 5.88 Å². The van der Waals surface area contributed by atoms with Crippen molar-refractivity contribution in [2.24, 2.45) is 0 Å². The molecule has 0 saturated carbocycles. The van der Waals surface area contributed by atoms with Gasteiger partial charge in [-0.05, 0) is 50.6 Å². The number of ether oxygens (including phenoxy) is 1. The molecular formula is C20H25N3O. The third-order valence-corrected chi connectivity index (χ3v) is 4.16. The number of benzene rings is 2. The summed E-state index contributed by atoms with van der Waals surface area (Å²) >= 11 is 0. The Kier molecular flexibility index (Phi) is 5.49. The zero-order chi connectivity index (χ0) is 16.8. The van der Waals surface area contributed by atoms with E-state index in [4.69, 9.17) is 4.74 Å². The van der Waals surface area contributed by atoms with E-state index >= 15 is 0 Å². The van der Waals surface area contributed by atoms with Crippen LogP contribution in [-0.2, 0) is 12.8 Å². The average molecular weight is 323 g/mol. The van der Waals surface area contributed by atoms with Gasteiger partial charge in [-0.2, -0.15) is 0 Å². The Morgan fingerprint density at radius 2 is 1.83 bits per heavy atom. The van der Waals surface area contributed by atoms with Crippen molar-refractivity contribution in [3.8, 4) is 5.88 Å². The molecule has 0 bridgehead atoms. The highest BCUT2D eigenvalue weighted by Gasteiger charge is 2.11. The van der Waals surface area contributed by atoms with E-state index in [0.717, 1.165) is 42.6 Å². The number of aryl methyl sites for hydroxylation is 2. The van der Waals surface area contributed by atoms with Crippen LogP contribution in [0.2, 0.25) is 0 Å². The summed E-state index contributed by atoms with van der Waals surface area (Å²) in [6.07, 6.45) is 2.99. The lowest BCUT2D eigenvalue weighted by molar-refractivity contribution is 0.275. The zero-order valence-electron chi connectivity index (χ0n) is 14.5. The minimum absolute atomic E-state index is 0.686. The summed E-state index contributed by atoms with van der Waals surface area (Å²) in [6, 6.07) is 16.9. The smallest absolute Gasteiger partial charge is 0.240 e. The molecule has 2 aromatic carbocycles. The molecule has 24 heavy (non-hydrogen) atoms. The second-order valence-electron chi connectivity index (χ2n) is 6.36. The van der Waals surface area contributed by atoms with Crippen molar-refractivity contribution in [1.82, 2.24) is 15.1 Å². The fourth-order valence-electron chi connectivity index (χ4n) is 2.90. The van der Waals surface area contributed by atoms with Crippen LogP contribution in [-0.4, -0.2) is 42.3 Å². The van der Waals surface area contributed by atoms with Crippen molar-refractivity contribution in [1.29, 1.82) is 0 Å².